The third kappa shape index (κ3) is 9.11. The number of nitrogens with one attached hydrogen (secondary N) is 2. The van der Waals surface area contributed by atoms with Gasteiger partial charge in [-0.1, -0.05) is 84.9 Å². The van der Waals surface area contributed by atoms with Gasteiger partial charge in [-0.05, 0) is 53.8 Å². The molecule has 0 amide bonds. The number of nitriles is 2. The third-order valence-electron chi connectivity index (χ3n) is 7.58. The van der Waals surface area contributed by atoms with Crippen molar-refractivity contribution in [1.82, 2.24) is 9.97 Å². The second kappa shape index (κ2) is 17.5. The lowest BCUT2D eigenvalue weighted by Crippen LogP contribution is -2.15. The fraction of sp³-hybridized carbons (Fsp3) is 0.100. The largest absolute Gasteiger partial charge is 0.488 e. The highest BCUT2D eigenvalue weighted by Crippen LogP contribution is 2.32. The first-order valence-electron chi connectivity index (χ1n) is 15.6. The molecule has 0 fully saturated rings. The highest BCUT2D eigenvalue weighted by Gasteiger charge is 2.16. The Morgan fingerprint density at radius 3 is 1.53 bits per heavy atom. The van der Waals surface area contributed by atoms with Crippen molar-refractivity contribution in [3.8, 4) is 46.2 Å². The highest BCUT2D eigenvalue weighted by molar-refractivity contribution is 7.98. The van der Waals surface area contributed by atoms with Gasteiger partial charge in [-0.15, -0.1) is 11.8 Å². The molecule has 254 valence electrons. The Morgan fingerprint density at radius 2 is 1.08 bits per heavy atom. The van der Waals surface area contributed by atoms with Crippen LogP contribution in [0, 0.1) is 22.7 Å². The maximum atomic E-state index is 12.2. The number of ether oxygens (including phenoxy) is 2. The Labute approximate surface area is 301 Å². The van der Waals surface area contributed by atoms with Crippen molar-refractivity contribution in [3.63, 3.8) is 0 Å². The number of rotatable bonds is 10. The number of para-hydroxylation sites is 2. The van der Waals surface area contributed by atoms with Crippen LogP contribution in [0.15, 0.2) is 141 Å². The van der Waals surface area contributed by atoms with E-state index >= 15 is 0 Å². The summed E-state index contributed by atoms with van der Waals surface area (Å²) in [7, 11) is -1.46. The molecule has 0 aliphatic rings. The van der Waals surface area contributed by atoms with Crippen molar-refractivity contribution < 1.29 is 13.7 Å². The number of thioether (sulfide) groups is 1. The molecule has 0 radical (unpaired) electrons. The number of pyridine rings is 2. The first kappa shape index (κ1) is 36.1. The van der Waals surface area contributed by atoms with Crippen LogP contribution in [0.1, 0.15) is 22.3 Å². The van der Waals surface area contributed by atoms with Crippen LogP contribution in [-0.4, -0.2) is 26.7 Å². The van der Waals surface area contributed by atoms with Gasteiger partial charge in [-0.3, -0.25) is 13.8 Å². The Balaban J connectivity index is 0.000000198. The van der Waals surface area contributed by atoms with Crippen molar-refractivity contribution in [3.05, 3.63) is 164 Å². The lowest BCUT2D eigenvalue weighted by Gasteiger charge is -2.12. The molecule has 2 N–H and O–H groups in total. The predicted octanol–water partition coefficient (Wildman–Crippen LogP) is 7.44. The van der Waals surface area contributed by atoms with Crippen molar-refractivity contribution in [2.24, 2.45) is 0 Å². The second-order valence-corrected chi connectivity index (χ2v) is 13.1. The summed E-state index contributed by atoms with van der Waals surface area (Å²) in [4.78, 5) is 30.7. The minimum absolute atomic E-state index is 0.128. The van der Waals surface area contributed by atoms with Gasteiger partial charge in [0.2, 0.25) is 0 Å². The molecule has 6 rings (SSSR count). The molecule has 1 atom stereocenters. The quantitative estimate of drug-likeness (QED) is 0.139. The molecule has 11 heteroatoms. The summed E-state index contributed by atoms with van der Waals surface area (Å²) >= 11 is 1.38. The second-order valence-electron chi connectivity index (χ2n) is 10.9. The molecular formula is C40H32N4O5S2. The van der Waals surface area contributed by atoms with E-state index in [0.717, 1.165) is 16.7 Å². The van der Waals surface area contributed by atoms with E-state index in [1.165, 1.54) is 18.0 Å². The van der Waals surface area contributed by atoms with Crippen LogP contribution in [0.5, 0.6) is 11.5 Å². The van der Waals surface area contributed by atoms with E-state index in [2.05, 4.69) is 9.97 Å². The van der Waals surface area contributed by atoms with Crippen LogP contribution in [0.4, 0.5) is 0 Å². The molecule has 0 aliphatic heterocycles. The van der Waals surface area contributed by atoms with E-state index in [4.69, 9.17) is 20.0 Å². The smallest absolute Gasteiger partial charge is 0.267 e. The summed E-state index contributed by atoms with van der Waals surface area (Å²) in [5.74, 6) is 1.27. The number of hydrogen-bond donors (Lipinski definition) is 2. The molecule has 51 heavy (non-hydrogen) atoms. The topological polar surface area (TPSA) is 149 Å². The van der Waals surface area contributed by atoms with Crippen LogP contribution in [0.25, 0.3) is 22.5 Å². The fourth-order valence-corrected chi connectivity index (χ4v) is 6.35. The van der Waals surface area contributed by atoms with Crippen LogP contribution >= 0.6 is 11.8 Å². The molecule has 0 bridgehead atoms. The minimum atomic E-state index is -1.46. The van der Waals surface area contributed by atoms with Gasteiger partial charge in [0.1, 0.15) is 48.0 Å². The molecule has 0 spiro atoms. The van der Waals surface area contributed by atoms with Crippen molar-refractivity contribution >= 4 is 22.6 Å². The minimum Gasteiger partial charge on any atom is -0.488 e. The van der Waals surface area contributed by atoms with Gasteiger partial charge in [0.05, 0.1) is 27.1 Å². The van der Waals surface area contributed by atoms with Gasteiger partial charge in [0, 0.05) is 22.3 Å². The summed E-state index contributed by atoms with van der Waals surface area (Å²) in [6, 6.07) is 41.6. The number of aromatic amines is 2. The molecule has 0 aliphatic carbocycles. The van der Waals surface area contributed by atoms with Gasteiger partial charge in [-0.2, -0.15) is 10.5 Å². The van der Waals surface area contributed by atoms with Gasteiger partial charge in [0.15, 0.2) is 0 Å². The number of aromatic nitrogens is 2. The van der Waals surface area contributed by atoms with E-state index < -0.39 is 16.4 Å². The molecule has 2 heterocycles. The maximum absolute atomic E-state index is 12.2. The van der Waals surface area contributed by atoms with E-state index in [0.29, 0.717) is 46.6 Å². The van der Waals surface area contributed by atoms with Crippen LogP contribution in [0.2, 0.25) is 0 Å². The predicted molar refractivity (Wildman–Crippen MR) is 200 cm³/mol. The first-order valence-corrected chi connectivity index (χ1v) is 18.4. The zero-order valence-corrected chi connectivity index (χ0v) is 29.3. The molecule has 0 saturated carbocycles. The lowest BCUT2D eigenvalue weighted by atomic mass is 10.1. The highest BCUT2D eigenvalue weighted by atomic mass is 32.2. The summed E-state index contributed by atoms with van der Waals surface area (Å²) in [5.41, 5.74) is 3.69. The van der Waals surface area contributed by atoms with Gasteiger partial charge in [-0.25, -0.2) is 0 Å². The zero-order valence-electron chi connectivity index (χ0n) is 27.7. The Morgan fingerprint density at radius 1 is 0.647 bits per heavy atom. The fourth-order valence-electron chi connectivity index (χ4n) is 5.06. The molecule has 0 saturated heterocycles. The number of H-pyrrole nitrogens is 2. The number of hydrogen-bond acceptors (Lipinski definition) is 8. The molecule has 6 aromatic rings. The lowest BCUT2D eigenvalue weighted by molar-refractivity contribution is 0.307. The molecule has 4 aromatic carbocycles. The maximum Gasteiger partial charge on any atom is 0.267 e. The van der Waals surface area contributed by atoms with E-state index in [9.17, 15) is 13.8 Å². The number of benzene rings is 4. The zero-order chi connectivity index (χ0) is 36.2. The van der Waals surface area contributed by atoms with Crippen LogP contribution < -0.4 is 20.6 Å². The molecular weight excluding hydrogens is 681 g/mol. The number of nitrogens with zero attached hydrogens (tertiary/aromatic N) is 2. The first-order chi connectivity index (χ1) is 24.8. The third-order valence-corrected chi connectivity index (χ3v) is 9.28. The van der Waals surface area contributed by atoms with Crippen molar-refractivity contribution in [1.29, 1.82) is 10.5 Å². The molecule has 2 aromatic heterocycles. The summed E-state index contributed by atoms with van der Waals surface area (Å²) in [6.07, 6.45) is 3.29. The Kier molecular flexibility index (Phi) is 12.4. The molecule has 9 nitrogen and oxygen atoms in total. The average Bonchev–Trinajstić information content (AvgIpc) is 3.16. The summed E-state index contributed by atoms with van der Waals surface area (Å²) in [5, 5.41) is 18.3. The monoisotopic (exact) mass is 712 g/mol. The molecule has 1 unspecified atom stereocenters. The van der Waals surface area contributed by atoms with Crippen LogP contribution in [0.3, 0.4) is 0 Å². The Bertz CT molecular complexity index is 2360. The van der Waals surface area contributed by atoms with Gasteiger partial charge in [0.25, 0.3) is 11.1 Å². The van der Waals surface area contributed by atoms with Crippen molar-refractivity contribution in [2.75, 3.05) is 12.5 Å². The Hall–Kier alpha value is -6.14. The standard InChI is InChI=1S/C20H16N2O3S.C20H16N2O2S/c1-26(24)19-11-17(22-20(23)16(19)12-21)15-9-5-6-10-18(15)25-13-14-7-3-2-4-8-14;1-25-19-11-17(22-20(23)16(19)12-21)15-9-5-6-10-18(15)24-13-14-7-3-2-4-8-14/h2-11H,13H2,1H3,(H,22,23);2-11H,13H2,1H3,(H,22,23). The SMILES string of the molecule is CS(=O)c1cc(-c2ccccc2OCc2ccccc2)[nH]c(=O)c1C#N.CSc1cc(-c2ccccc2OCc2ccccc2)[nH]c(=O)c1C#N. The average molecular weight is 713 g/mol. The van der Waals surface area contributed by atoms with Gasteiger partial charge < -0.3 is 19.4 Å². The van der Waals surface area contributed by atoms with E-state index in [1.54, 1.807) is 18.2 Å². The summed E-state index contributed by atoms with van der Waals surface area (Å²) in [6.45, 7) is 0.818. The summed E-state index contributed by atoms with van der Waals surface area (Å²) < 4.78 is 23.8. The van der Waals surface area contributed by atoms with Crippen molar-refractivity contribution in [2.45, 2.75) is 23.0 Å². The van der Waals surface area contributed by atoms with Gasteiger partial charge >= 0.3 is 0 Å². The van der Waals surface area contributed by atoms with Crippen LogP contribution in [-0.2, 0) is 24.0 Å². The van der Waals surface area contributed by atoms with E-state index in [-0.39, 0.29) is 21.6 Å². The normalized spacial score (nSPS) is 10.9. The van der Waals surface area contributed by atoms with E-state index in [1.807, 2.05) is 122 Å².